The van der Waals surface area contributed by atoms with E-state index >= 15 is 0 Å². The summed E-state index contributed by atoms with van der Waals surface area (Å²) in [4.78, 5) is 15.2. The molecule has 1 atom stereocenters. The van der Waals surface area contributed by atoms with Gasteiger partial charge in [0.05, 0.1) is 13.2 Å². The number of benzene rings is 1. The van der Waals surface area contributed by atoms with E-state index in [0.29, 0.717) is 50.6 Å². The van der Waals surface area contributed by atoms with Gasteiger partial charge in [0.2, 0.25) is 5.91 Å². The van der Waals surface area contributed by atoms with Gasteiger partial charge in [-0.05, 0) is 43.4 Å². The molecule has 2 heterocycles. The van der Waals surface area contributed by atoms with Crippen molar-refractivity contribution in [2.45, 2.75) is 38.3 Å². The number of carbonyl (C=O) groups is 1. The Hall–Kier alpha value is -2.14. The van der Waals surface area contributed by atoms with Crippen LogP contribution in [-0.4, -0.2) is 69.6 Å². The first kappa shape index (κ1) is 24.5. The molecule has 2 aliphatic heterocycles. The first-order valence-electron chi connectivity index (χ1n) is 10.9. The number of piperidine rings is 1. The van der Waals surface area contributed by atoms with Crippen LogP contribution in [0.3, 0.4) is 0 Å². The maximum absolute atomic E-state index is 13.4. The van der Waals surface area contributed by atoms with Crippen molar-refractivity contribution >= 4 is 16.1 Å². The molecule has 0 bridgehead atoms. The zero-order valence-corrected chi connectivity index (χ0v) is 19.4. The molecule has 10 heteroatoms. The average molecular weight is 468 g/mol. The van der Waals surface area contributed by atoms with Gasteiger partial charge in [0.15, 0.2) is 11.5 Å². The highest BCUT2D eigenvalue weighted by molar-refractivity contribution is 7.86. The quantitative estimate of drug-likeness (QED) is 0.524. The number of hydrogen-bond donors (Lipinski definition) is 1. The molecule has 2 N–H and O–H groups in total. The molecule has 0 radical (unpaired) electrons. The molecule has 0 aliphatic carbocycles. The third kappa shape index (κ3) is 6.44. The van der Waals surface area contributed by atoms with Crippen LogP contribution in [0.5, 0.6) is 11.5 Å². The van der Waals surface area contributed by atoms with E-state index in [1.807, 2.05) is 23.1 Å². The minimum atomic E-state index is -3.72. The summed E-state index contributed by atoms with van der Waals surface area (Å²) in [6, 6.07) is 5.62. The van der Waals surface area contributed by atoms with Gasteiger partial charge >= 0.3 is 0 Å². The smallest absolute Gasteiger partial charge is 0.276 e. The summed E-state index contributed by atoms with van der Waals surface area (Å²) in [5, 5.41) is 5.23. The Kier molecular flexibility index (Phi) is 8.52. The van der Waals surface area contributed by atoms with Gasteiger partial charge in [-0.1, -0.05) is 18.7 Å². The van der Waals surface area contributed by atoms with Crippen molar-refractivity contribution in [2.24, 2.45) is 11.1 Å². The highest BCUT2D eigenvalue weighted by atomic mass is 32.2. The van der Waals surface area contributed by atoms with Gasteiger partial charge in [-0.2, -0.15) is 12.7 Å². The number of carbonyl (C=O) groups excluding carboxylic acids is 1. The monoisotopic (exact) mass is 467 g/mol. The van der Waals surface area contributed by atoms with Crippen molar-refractivity contribution in [2.75, 3.05) is 40.0 Å². The van der Waals surface area contributed by atoms with Crippen LogP contribution in [-0.2, 0) is 26.3 Å². The fourth-order valence-electron chi connectivity index (χ4n) is 4.18. The number of ether oxygens (including phenoxy) is 3. The van der Waals surface area contributed by atoms with Gasteiger partial charge in [0.1, 0.15) is 6.61 Å². The van der Waals surface area contributed by atoms with Crippen molar-refractivity contribution in [3.63, 3.8) is 0 Å². The van der Waals surface area contributed by atoms with E-state index in [4.69, 9.17) is 19.3 Å². The summed E-state index contributed by atoms with van der Waals surface area (Å²) in [7, 11) is -2.15. The van der Waals surface area contributed by atoms with E-state index in [2.05, 4.69) is 6.58 Å². The molecule has 2 aliphatic rings. The molecule has 0 aromatic heterocycles. The second-order valence-corrected chi connectivity index (χ2v) is 9.70. The topological polar surface area (TPSA) is 111 Å². The molecule has 2 fully saturated rings. The van der Waals surface area contributed by atoms with E-state index in [-0.39, 0.29) is 31.0 Å². The Morgan fingerprint density at radius 3 is 2.66 bits per heavy atom. The zero-order valence-electron chi connectivity index (χ0n) is 18.6. The van der Waals surface area contributed by atoms with Crippen LogP contribution in [0.25, 0.3) is 0 Å². The summed E-state index contributed by atoms with van der Waals surface area (Å²) in [5.74, 6) is 0.978. The van der Waals surface area contributed by atoms with Crippen molar-refractivity contribution in [3.05, 3.63) is 36.4 Å². The molecule has 9 nitrogen and oxygen atoms in total. The Morgan fingerprint density at radius 1 is 1.31 bits per heavy atom. The Balaban J connectivity index is 1.73. The first-order valence-corrected chi connectivity index (χ1v) is 12.4. The van der Waals surface area contributed by atoms with Crippen molar-refractivity contribution in [3.8, 4) is 11.5 Å². The second-order valence-electron chi connectivity index (χ2n) is 8.16. The molecule has 0 saturated carbocycles. The molecule has 178 valence electrons. The number of amides is 1. The highest BCUT2D eigenvalue weighted by Crippen LogP contribution is 2.30. The van der Waals surface area contributed by atoms with E-state index in [0.717, 1.165) is 18.4 Å². The number of methoxy groups -OCH3 is 1. The Labute approximate surface area is 190 Å². The van der Waals surface area contributed by atoms with Crippen LogP contribution >= 0.6 is 0 Å². The SMILES string of the molecule is C=CCOc1ccc(CN(CC2CCCO2)C(=O)C2CCN(S(N)(=O)=O)CC2)cc1OC. The summed E-state index contributed by atoms with van der Waals surface area (Å²) in [6.07, 6.45) is 4.49. The Morgan fingerprint density at radius 2 is 2.06 bits per heavy atom. The molecule has 1 aromatic carbocycles. The lowest BCUT2D eigenvalue weighted by molar-refractivity contribution is -0.139. The van der Waals surface area contributed by atoms with Gasteiger partial charge in [0, 0.05) is 38.7 Å². The van der Waals surface area contributed by atoms with Gasteiger partial charge in [-0.3, -0.25) is 4.79 Å². The maximum Gasteiger partial charge on any atom is 0.276 e. The van der Waals surface area contributed by atoms with Gasteiger partial charge in [-0.15, -0.1) is 0 Å². The van der Waals surface area contributed by atoms with Gasteiger partial charge in [-0.25, -0.2) is 5.14 Å². The minimum Gasteiger partial charge on any atom is -0.493 e. The summed E-state index contributed by atoms with van der Waals surface area (Å²) < 4.78 is 41.3. The summed E-state index contributed by atoms with van der Waals surface area (Å²) in [6.45, 7) is 6.16. The minimum absolute atomic E-state index is 0.0144. The van der Waals surface area contributed by atoms with Gasteiger partial charge in [0.25, 0.3) is 10.2 Å². The molecular weight excluding hydrogens is 434 g/mol. The Bertz CT molecular complexity index is 893. The van der Waals surface area contributed by atoms with Crippen LogP contribution in [0.4, 0.5) is 0 Å². The van der Waals surface area contributed by atoms with E-state index in [9.17, 15) is 13.2 Å². The molecule has 1 unspecified atom stereocenters. The molecule has 1 amide bonds. The number of nitrogens with two attached hydrogens (primary N) is 1. The summed E-state index contributed by atoms with van der Waals surface area (Å²) >= 11 is 0. The number of hydrogen-bond acceptors (Lipinski definition) is 6. The largest absolute Gasteiger partial charge is 0.493 e. The maximum atomic E-state index is 13.4. The van der Waals surface area contributed by atoms with E-state index in [1.165, 1.54) is 4.31 Å². The normalized spacial score (nSPS) is 20.1. The van der Waals surface area contributed by atoms with Crippen molar-refractivity contribution in [1.29, 1.82) is 0 Å². The highest BCUT2D eigenvalue weighted by Gasteiger charge is 2.33. The fourth-order valence-corrected chi connectivity index (χ4v) is 4.90. The fraction of sp³-hybridized carbons (Fsp3) is 0.591. The zero-order chi connectivity index (χ0) is 23.1. The molecule has 3 rings (SSSR count). The molecule has 0 spiro atoms. The third-order valence-corrected chi connectivity index (χ3v) is 6.97. The predicted molar refractivity (Wildman–Crippen MR) is 120 cm³/mol. The first-order chi connectivity index (χ1) is 15.3. The van der Waals surface area contributed by atoms with E-state index in [1.54, 1.807) is 13.2 Å². The van der Waals surface area contributed by atoms with Gasteiger partial charge < -0.3 is 19.1 Å². The molecular formula is C22H33N3O6S. The van der Waals surface area contributed by atoms with Crippen LogP contribution in [0.2, 0.25) is 0 Å². The standard InChI is InChI=1S/C22H33N3O6S/c1-3-12-31-20-7-6-17(14-21(20)29-2)15-24(16-19-5-4-13-30-19)22(26)18-8-10-25(11-9-18)32(23,27)28/h3,6-7,14,18-19H,1,4-5,8-13,15-16H2,2H3,(H2,23,27,28). The molecule has 32 heavy (non-hydrogen) atoms. The lowest BCUT2D eigenvalue weighted by Gasteiger charge is -2.34. The lowest BCUT2D eigenvalue weighted by atomic mass is 9.96. The number of rotatable bonds is 10. The van der Waals surface area contributed by atoms with Crippen LogP contribution in [0.15, 0.2) is 30.9 Å². The average Bonchev–Trinajstić information content (AvgIpc) is 3.30. The summed E-state index contributed by atoms with van der Waals surface area (Å²) in [5.41, 5.74) is 0.918. The van der Waals surface area contributed by atoms with Crippen LogP contribution in [0.1, 0.15) is 31.2 Å². The lowest BCUT2D eigenvalue weighted by Crippen LogP contribution is -2.47. The van der Waals surface area contributed by atoms with Crippen LogP contribution < -0.4 is 14.6 Å². The predicted octanol–water partition coefficient (Wildman–Crippen LogP) is 1.68. The van der Waals surface area contributed by atoms with Crippen LogP contribution in [0, 0.1) is 5.92 Å². The van der Waals surface area contributed by atoms with Crippen molar-refractivity contribution < 1.29 is 27.4 Å². The second kappa shape index (κ2) is 11.1. The van der Waals surface area contributed by atoms with E-state index < -0.39 is 10.2 Å². The van der Waals surface area contributed by atoms with Crippen molar-refractivity contribution in [1.82, 2.24) is 9.21 Å². The third-order valence-electron chi connectivity index (χ3n) is 5.88. The molecule has 2 saturated heterocycles. The number of nitrogens with zero attached hydrogens (tertiary/aromatic N) is 2. The molecule has 1 aromatic rings.